The number of nitrogens with zero attached hydrogens (tertiary/aromatic N) is 3. The zero-order valence-corrected chi connectivity index (χ0v) is 17.3. The zero-order chi connectivity index (χ0) is 19.7. The van der Waals surface area contributed by atoms with E-state index in [1.807, 2.05) is 55.5 Å². The number of aryl methyl sites for hydroxylation is 2. The van der Waals surface area contributed by atoms with Crippen molar-refractivity contribution >= 4 is 38.0 Å². The van der Waals surface area contributed by atoms with Crippen LogP contribution in [0.3, 0.4) is 0 Å². The summed E-state index contributed by atoms with van der Waals surface area (Å²) in [6.07, 6.45) is 1.04. The Kier molecular flexibility index (Phi) is 5.20. The van der Waals surface area contributed by atoms with Crippen LogP contribution in [0.2, 0.25) is 0 Å². The van der Waals surface area contributed by atoms with Gasteiger partial charge in [-0.05, 0) is 46.1 Å². The third kappa shape index (κ3) is 3.43. The Bertz CT molecular complexity index is 1190. The maximum atomic E-state index is 10.8. The van der Waals surface area contributed by atoms with Crippen molar-refractivity contribution in [1.29, 1.82) is 0 Å². The Morgan fingerprint density at radius 1 is 1.00 bits per heavy atom. The number of para-hydroxylation sites is 1. The molecule has 4 nitrogen and oxygen atoms in total. The number of phenols is 1. The Morgan fingerprint density at radius 2 is 1.68 bits per heavy atom. The highest BCUT2D eigenvalue weighted by Crippen LogP contribution is 2.38. The lowest BCUT2D eigenvalue weighted by atomic mass is 10.0. The second-order valence-electron chi connectivity index (χ2n) is 7.34. The maximum absolute atomic E-state index is 10.8. The van der Waals surface area contributed by atoms with Gasteiger partial charge in [0.1, 0.15) is 5.75 Å². The number of benzene rings is 3. The molecule has 0 aliphatic heterocycles. The molecule has 0 unspecified atom stereocenters. The number of hydrogen-bond acceptors (Lipinski definition) is 4. The summed E-state index contributed by atoms with van der Waals surface area (Å²) in [5, 5.41) is 12.7. The molecule has 3 aromatic carbocycles. The molecule has 0 amide bonds. The number of rotatable bonds is 5. The van der Waals surface area contributed by atoms with Gasteiger partial charge in [0.05, 0.1) is 15.9 Å². The van der Waals surface area contributed by atoms with Gasteiger partial charge in [0.2, 0.25) is 0 Å². The summed E-state index contributed by atoms with van der Waals surface area (Å²) >= 11 is 1.66. The molecule has 0 aliphatic rings. The van der Waals surface area contributed by atoms with E-state index in [2.05, 4.69) is 29.6 Å². The van der Waals surface area contributed by atoms with E-state index in [-0.39, 0.29) is 0 Å². The summed E-state index contributed by atoms with van der Waals surface area (Å²) in [7, 11) is 4.20. The molecule has 0 radical (unpaired) electrons. The van der Waals surface area contributed by atoms with Gasteiger partial charge in [-0.25, -0.2) is 4.99 Å². The highest BCUT2D eigenvalue weighted by atomic mass is 32.1. The van der Waals surface area contributed by atoms with Crippen LogP contribution in [-0.4, -0.2) is 35.2 Å². The van der Waals surface area contributed by atoms with E-state index < -0.39 is 0 Å². The van der Waals surface area contributed by atoms with Gasteiger partial charge in [0, 0.05) is 22.9 Å². The molecule has 4 aromatic rings. The number of thiazole rings is 1. The van der Waals surface area contributed by atoms with Crippen LogP contribution in [0.15, 0.2) is 59.6 Å². The Hall–Kier alpha value is -2.63. The normalized spacial score (nSPS) is 12.5. The maximum Gasteiger partial charge on any atom is 0.190 e. The minimum atomic E-state index is 0.371. The van der Waals surface area contributed by atoms with Crippen molar-refractivity contribution in [2.75, 3.05) is 20.6 Å². The third-order valence-corrected chi connectivity index (χ3v) is 6.21. The van der Waals surface area contributed by atoms with E-state index >= 15 is 0 Å². The first-order valence-electron chi connectivity index (χ1n) is 9.54. The summed E-state index contributed by atoms with van der Waals surface area (Å²) in [5.41, 5.74) is 3.04. The van der Waals surface area contributed by atoms with Gasteiger partial charge in [-0.1, -0.05) is 53.8 Å². The second-order valence-corrected chi connectivity index (χ2v) is 8.31. The first-order chi connectivity index (χ1) is 13.6. The average molecular weight is 392 g/mol. The van der Waals surface area contributed by atoms with Crippen LogP contribution in [0.5, 0.6) is 5.75 Å². The van der Waals surface area contributed by atoms with E-state index in [9.17, 15) is 5.11 Å². The summed E-state index contributed by atoms with van der Waals surface area (Å²) in [6, 6.07) is 18.2. The minimum absolute atomic E-state index is 0.371. The van der Waals surface area contributed by atoms with Gasteiger partial charge in [0.25, 0.3) is 0 Å². The monoisotopic (exact) mass is 391 g/mol. The molecule has 0 fully saturated rings. The number of aromatic hydroxyl groups is 1. The largest absolute Gasteiger partial charge is 0.507 e. The molecule has 0 spiro atoms. The second kappa shape index (κ2) is 7.78. The summed E-state index contributed by atoms with van der Waals surface area (Å²) < 4.78 is 3.43. The molecule has 0 aliphatic carbocycles. The fourth-order valence-electron chi connectivity index (χ4n) is 3.59. The van der Waals surface area contributed by atoms with Gasteiger partial charge < -0.3 is 14.6 Å². The number of aromatic nitrogens is 1. The number of fused-ring (bicyclic) bond motifs is 3. The Labute approximate surface area is 169 Å². The van der Waals surface area contributed by atoms with Crippen molar-refractivity contribution in [3.8, 4) is 5.75 Å². The van der Waals surface area contributed by atoms with E-state index in [0.717, 1.165) is 51.0 Å². The van der Waals surface area contributed by atoms with Crippen molar-refractivity contribution in [1.82, 2.24) is 9.47 Å². The highest BCUT2D eigenvalue weighted by Gasteiger charge is 2.16. The quantitative estimate of drug-likeness (QED) is 0.517. The third-order valence-electron chi connectivity index (χ3n) is 5.01. The molecule has 144 valence electrons. The molecule has 1 heterocycles. The SMILES string of the molecule is Cc1c(O)c2ccccc2c2c1s/c(=N/c1ccccc1)n2CCCN(C)C. The molecular formula is C23H25N3OS. The smallest absolute Gasteiger partial charge is 0.190 e. The van der Waals surface area contributed by atoms with Crippen LogP contribution in [0.25, 0.3) is 21.0 Å². The average Bonchev–Trinajstić information content (AvgIpc) is 3.05. The topological polar surface area (TPSA) is 40.8 Å². The number of phenolic OH excluding ortho intramolecular Hbond substituents is 1. The Morgan fingerprint density at radius 3 is 2.39 bits per heavy atom. The first-order valence-corrected chi connectivity index (χ1v) is 10.4. The molecule has 0 atom stereocenters. The first kappa shape index (κ1) is 18.7. The predicted molar refractivity (Wildman–Crippen MR) is 119 cm³/mol. The standard InChI is InChI=1S/C23H25N3OS/c1-16-21(27)19-13-8-7-12-18(19)20-22(16)28-23(24-17-10-5-4-6-11-17)26(20)15-9-14-25(2)3/h4-8,10-13,27H,9,14-15H2,1-3H3/b24-23+. The van der Waals surface area contributed by atoms with E-state index in [1.54, 1.807) is 11.3 Å². The number of hydrogen-bond donors (Lipinski definition) is 1. The molecular weight excluding hydrogens is 366 g/mol. The minimum Gasteiger partial charge on any atom is -0.507 e. The van der Waals surface area contributed by atoms with Gasteiger partial charge in [-0.2, -0.15) is 0 Å². The molecule has 1 N–H and O–H groups in total. The van der Waals surface area contributed by atoms with Crippen molar-refractivity contribution in [3.05, 3.63) is 65.0 Å². The summed E-state index contributed by atoms with van der Waals surface area (Å²) in [4.78, 5) is 8.12. The lowest BCUT2D eigenvalue weighted by molar-refractivity contribution is 0.387. The molecule has 28 heavy (non-hydrogen) atoms. The summed E-state index contributed by atoms with van der Waals surface area (Å²) in [6.45, 7) is 3.90. The molecule has 0 saturated heterocycles. The molecule has 1 aromatic heterocycles. The lowest BCUT2D eigenvalue weighted by Gasteiger charge is -2.13. The van der Waals surface area contributed by atoms with Crippen LogP contribution in [-0.2, 0) is 6.54 Å². The Balaban J connectivity index is 2.02. The highest BCUT2D eigenvalue weighted by molar-refractivity contribution is 7.16. The summed E-state index contributed by atoms with van der Waals surface area (Å²) in [5.74, 6) is 0.371. The molecule has 5 heteroatoms. The van der Waals surface area contributed by atoms with Crippen LogP contribution >= 0.6 is 11.3 Å². The van der Waals surface area contributed by atoms with Crippen LogP contribution in [0.1, 0.15) is 12.0 Å². The fraction of sp³-hybridized carbons (Fsp3) is 0.261. The van der Waals surface area contributed by atoms with Gasteiger partial charge in [0.15, 0.2) is 4.80 Å². The molecule has 0 bridgehead atoms. The van der Waals surface area contributed by atoms with Crippen molar-refractivity contribution < 1.29 is 5.11 Å². The molecule has 4 rings (SSSR count). The fourth-order valence-corrected chi connectivity index (χ4v) is 4.78. The van der Waals surface area contributed by atoms with E-state index in [4.69, 9.17) is 4.99 Å². The van der Waals surface area contributed by atoms with E-state index in [0.29, 0.717) is 5.75 Å². The lowest BCUT2D eigenvalue weighted by Crippen LogP contribution is -2.19. The van der Waals surface area contributed by atoms with Gasteiger partial charge >= 0.3 is 0 Å². The van der Waals surface area contributed by atoms with Gasteiger partial charge in [-0.15, -0.1) is 0 Å². The van der Waals surface area contributed by atoms with E-state index in [1.165, 1.54) is 5.52 Å². The van der Waals surface area contributed by atoms with Crippen LogP contribution in [0, 0.1) is 6.92 Å². The van der Waals surface area contributed by atoms with Crippen molar-refractivity contribution in [2.45, 2.75) is 19.9 Å². The van der Waals surface area contributed by atoms with Crippen LogP contribution < -0.4 is 4.80 Å². The molecule has 0 saturated carbocycles. The van der Waals surface area contributed by atoms with Crippen molar-refractivity contribution in [2.24, 2.45) is 4.99 Å². The van der Waals surface area contributed by atoms with Crippen molar-refractivity contribution in [3.63, 3.8) is 0 Å². The van der Waals surface area contributed by atoms with Gasteiger partial charge in [-0.3, -0.25) is 0 Å². The zero-order valence-electron chi connectivity index (χ0n) is 16.5. The van der Waals surface area contributed by atoms with Crippen LogP contribution in [0.4, 0.5) is 5.69 Å². The predicted octanol–water partition coefficient (Wildman–Crippen LogP) is 5.05.